The summed E-state index contributed by atoms with van der Waals surface area (Å²) in [5.41, 5.74) is 5.59. The molecule has 2 fully saturated rings. The number of nitrogens with zero attached hydrogens (tertiary/aromatic N) is 1. The molecule has 2 aliphatic carbocycles. The minimum atomic E-state index is 0.855. The molecule has 82 valence electrons. The molecule has 0 aliphatic heterocycles. The molecule has 0 saturated heterocycles. The molecule has 0 atom stereocenters. The van der Waals surface area contributed by atoms with Gasteiger partial charge in [-0.25, -0.2) is 0 Å². The first-order valence-electron chi connectivity index (χ1n) is 6.34. The normalized spacial score (nSPS) is 23.6. The van der Waals surface area contributed by atoms with E-state index in [2.05, 4.69) is 4.90 Å². The van der Waals surface area contributed by atoms with Crippen LogP contribution in [-0.2, 0) is 0 Å². The molecule has 0 aromatic heterocycles. The highest BCUT2D eigenvalue weighted by atomic mass is 15.2. The van der Waals surface area contributed by atoms with Crippen molar-refractivity contribution in [1.29, 1.82) is 0 Å². The van der Waals surface area contributed by atoms with Crippen molar-refractivity contribution in [3.63, 3.8) is 0 Å². The van der Waals surface area contributed by atoms with Crippen LogP contribution in [-0.4, -0.2) is 30.6 Å². The highest BCUT2D eigenvalue weighted by Gasteiger charge is 2.28. The predicted molar refractivity (Wildman–Crippen MR) is 60.2 cm³/mol. The zero-order valence-electron chi connectivity index (χ0n) is 9.25. The molecule has 0 radical (unpaired) electrons. The van der Waals surface area contributed by atoms with Gasteiger partial charge in [-0.1, -0.05) is 12.8 Å². The van der Waals surface area contributed by atoms with E-state index in [9.17, 15) is 0 Å². The lowest BCUT2D eigenvalue weighted by Gasteiger charge is -2.41. The summed E-state index contributed by atoms with van der Waals surface area (Å²) < 4.78 is 0. The first-order valence-corrected chi connectivity index (χ1v) is 6.34. The molecule has 2 N–H and O–H groups in total. The molecule has 0 amide bonds. The second kappa shape index (κ2) is 5.13. The minimum absolute atomic E-state index is 0.855. The number of rotatable bonds is 6. The van der Waals surface area contributed by atoms with E-state index in [4.69, 9.17) is 5.73 Å². The van der Waals surface area contributed by atoms with Crippen molar-refractivity contribution < 1.29 is 0 Å². The van der Waals surface area contributed by atoms with Crippen LogP contribution < -0.4 is 5.73 Å². The van der Waals surface area contributed by atoms with Crippen LogP contribution in [0.25, 0.3) is 0 Å². The highest BCUT2D eigenvalue weighted by Crippen LogP contribution is 2.31. The monoisotopic (exact) mass is 196 g/mol. The summed E-state index contributed by atoms with van der Waals surface area (Å²) in [6.07, 6.45) is 9.95. The molecular formula is C12H24N2. The third-order valence-electron chi connectivity index (χ3n) is 3.96. The van der Waals surface area contributed by atoms with Gasteiger partial charge in [0.1, 0.15) is 0 Å². The van der Waals surface area contributed by atoms with Gasteiger partial charge in [0.05, 0.1) is 0 Å². The number of nitrogens with two attached hydrogens (primary N) is 1. The molecule has 0 aromatic rings. The van der Waals surface area contributed by atoms with Crippen LogP contribution in [0.2, 0.25) is 0 Å². The quantitative estimate of drug-likeness (QED) is 0.704. The smallest absolute Gasteiger partial charge is 0.00954 e. The van der Waals surface area contributed by atoms with Crippen LogP contribution in [0.4, 0.5) is 0 Å². The zero-order chi connectivity index (χ0) is 9.80. The first-order chi connectivity index (χ1) is 6.90. The summed E-state index contributed by atoms with van der Waals surface area (Å²) in [4.78, 5) is 2.72. The lowest BCUT2D eigenvalue weighted by Crippen LogP contribution is -2.44. The molecule has 0 unspecified atom stereocenters. The van der Waals surface area contributed by atoms with Crippen molar-refractivity contribution in [3.05, 3.63) is 0 Å². The van der Waals surface area contributed by atoms with Gasteiger partial charge in [0.2, 0.25) is 0 Å². The Morgan fingerprint density at radius 3 is 2.21 bits per heavy atom. The minimum Gasteiger partial charge on any atom is -0.330 e. The van der Waals surface area contributed by atoms with E-state index in [-0.39, 0.29) is 0 Å². The summed E-state index contributed by atoms with van der Waals surface area (Å²) in [6, 6.07) is 0.919. The Bertz CT molecular complexity index is 162. The Balaban J connectivity index is 1.72. The summed E-state index contributed by atoms with van der Waals surface area (Å²) >= 11 is 0. The molecule has 2 rings (SSSR count). The summed E-state index contributed by atoms with van der Waals surface area (Å²) in [5, 5.41) is 0. The van der Waals surface area contributed by atoms with E-state index in [1.807, 2.05) is 0 Å². The van der Waals surface area contributed by atoms with Crippen LogP contribution in [0.1, 0.15) is 44.9 Å². The van der Waals surface area contributed by atoms with Gasteiger partial charge in [-0.3, -0.25) is 0 Å². The predicted octanol–water partition coefficient (Wildman–Crippen LogP) is 1.99. The first kappa shape index (κ1) is 10.4. The fraction of sp³-hybridized carbons (Fsp3) is 1.00. The third-order valence-corrected chi connectivity index (χ3v) is 3.96. The second-order valence-corrected chi connectivity index (χ2v) is 5.02. The van der Waals surface area contributed by atoms with Crippen LogP contribution >= 0.6 is 0 Å². The van der Waals surface area contributed by atoms with Crippen molar-refractivity contribution in [1.82, 2.24) is 4.90 Å². The Morgan fingerprint density at radius 1 is 1.07 bits per heavy atom. The molecule has 2 aliphatic rings. The Morgan fingerprint density at radius 2 is 1.79 bits per heavy atom. The van der Waals surface area contributed by atoms with Gasteiger partial charge in [-0.15, -0.1) is 0 Å². The maximum Gasteiger partial charge on any atom is 0.00954 e. The van der Waals surface area contributed by atoms with E-state index in [0.717, 1.165) is 18.5 Å². The highest BCUT2D eigenvalue weighted by molar-refractivity contribution is 4.83. The van der Waals surface area contributed by atoms with Gasteiger partial charge < -0.3 is 10.6 Å². The second-order valence-electron chi connectivity index (χ2n) is 5.02. The molecule has 2 nitrogen and oxygen atoms in total. The summed E-state index contributed by atoms with van der Waals surface area (Å²) in [7, 11) is 0. The van der Waals surface area contributed by atoms with E-state index in [1.54, 1.807) is 0 Å². The van der Waals surface area contributed by atoms with E-state index in [0.29, 0.717) is 0 Å². The SMILES string of the molecule is NCCCN(CC1CCC1)C1CCC1. The van der Waals surface area contributed by atoms with Gasteiger partial charge in [-0.05, 0) is 51.1 Å². The molecule has 0 bridgehead atoms. The van der Waals surface area contributed by atoms with Gasteiger partial charge in [0.25, 0.3) is 0 Å². The summed E-state index contributed by atoms with van der Waals surface area (Å²) in [6.45, 7) is 3.47. The molecule has 0 spiro atoms. The fourth-order valence-electron chi connectivity index (χ4n) is 2.48. The van der Waals surface area contributed by atoms with Gasteiger partial charge in [-0.2, -0.15) is 0 Å². The maximum absolute atomic E-state index is 5.59. The van der Waals surface area contributed by atoms with Crippen molar-refractivity contribution >= 4 is 0 Å². The Labute approximate surface area is 87.8 Å². The van der Waals surface area contributed by atoms with E-state index >= 15 is 0 Å². The Kier molecular flexibility index (Phi) is 3.82. The van der Waals surface area contributed by atoms with Crippen LogP contribution in [0.15, 0.2) is 0 Å². The van der Waals surface area contributed by atoms with Crippen molar-refractivity contribution in [3.8, 4) is 0 Å². The van der Waals surface area contributed by atoms with Gasteiger partial charge in [0.15, 0.2) is 0 Å². The molecule has 0 heterocycles. The average Bonchev–Trinajstić information content (AvgIpc) is 2.03. The average molecular weight is 196 g/mol. The van der Waals surface area contributed by atoms with E-state index < -0.39 is 0 Å². The molecular weight excluding hydrogens is 172 g/mol. The third kappa shape index (κ3) is 2.48. The van der Waals surface area contributed by atoms with Crippen LogP contribution in [0, 0.1) is 5.92 Å². The lowest BCUT2D eigenvalue weighted by molar-refractivity contribution is 0.0862. The number of hydrogen-bond acceptors (Lipinski definition) is 2. The molecule has 14 heavy (non-hydrogen) atoms. The van der Waals surface area contributed by atoms with Gasteiger partial charge >= 0.3 is 0 Å². The zero-order valence-corrected chi connectivity index (χ0v) is 9.25. The fourth-order valence-corrected chi connectivity index (χ4v) is 2.48. The van der Waals surface area contributed by atoms with Crippen molar-refractivity contribution in [2.75, 3.05) is 19.6 Å². The Hall–Kier alpha value is -0.0800. The van der Waals surface area contributed by atoms with Crippen LogP contribution in [0.5, 0.6) is 0 Å². The van der Waals surface area contributed by atoms with Crippen molar-refractivity contribution in [2.24, 2.45) is 11.7 Å². The van der Waals surface area contributed by atoms with Crippen molar-refractivity contribution in [2.45, 2.75) is 51.0 Å². The van der Waals surface area contributed by atoms with Gasteiger partial charge in [0, 0.05) is 12.6 Å². The number of hydrogen-bond donors (Lipinski definition) is 1. The maximum atomic E-state index is 5.59. The lowest BCUT2D eigenvalue weighted by atomic mass is 9.83. The summed E-state index contributed by atoms with van der Waals surface area (Å²) in [5.74, 6) is 1.02. The standard InChI is InChI=1S/C12H24N2/c13-8-3-9-14(12-6-2-7-12)10-11-4-1-5-11/h11-12H,1-10,13H2. The topological polar surface area (TPSA) is 29.3 Å². The van der Waals surface area contributed by atoms with E-state index in [1.165, 1.54) is 58.0 Å². The molecule has 0 aromatic carbocycles. The van der Waals surface area contributed by atoms with Crippen LogP contribution in [0.3, 0.4) is 0 Å². The largest absolute Gasteiger partial charge is 0.330 e. The molecule has 2 saturated carbocycles. The molecule has 2 heteroatoms.